The Bertz CT molecular complexity index is 212. The molecule has 0 aromatic heterocycles. The number of nitrogens with zero attached hydrogens (tertiary/aromatic N) is 1. The Hall–Kier alpha value is -0.760. The van der Waals surface area contributed by atoms with Crippen molar-refractivity contribution in [2.45, 2.75) is 31.5 Å². The van der Waals surface area contributed by atoms with Gasteiger partial charge in [0.2, 0.25) is 0 Å². The van der Waals surface area contributed by atoms with E-state index in [-0.39, 0.29) is 12.8 Å². The molecule has 0 heterocycles. The molecule has 1 atom stereocenters. The number of rotatable bonds is 1. The highest BCUT2D eigenvalue weighted by molar-refractivity contribution is 5.09. The van der Waals surface area contributed by atoms with E-state index in [0.29, 0.717) is 6.42 Å². The summed E-state index contributed by atoms with van der Waals surface area (Å²) in [6, 6.07) is 0.0611. The van der Waals surface area contributed by atoms with Gasteiger partial charge in [0.15, 0.2) is 0 Å². The molecule has 1 unspecified atom stereocenters. The van der Waals surface area contributed by atoms with Crippen LogP contribution in [-0.4, -0.2) is 12.2 Å². The molecule has 0 aliphatic heterocycles. The van der Waals surface area contributed by atoms with E-state index in [2.05, 4.69) is 0 Å². The molecule has 0 saturated heterocycles. The zero-order valence-corrected chi connectivity index (χ0v) is 6.36. The van der Waals surface area contributed by atoms with Crippen LogP contribution in [0.2, 0.25) is 0 Å². The first-order valence-electron chi connectivity index (χ1n) is 3.66. The van der Waals surface area contributed by atoms with E-state index >= 15 is 0 Å². The largest absolute Gasteiger partial charge is 0.397 e. The molecule has 5 heteroatoms. The van der Waals surface area contributed by atoms with Gasteiger partial charge >= 0.3 is 6.18 Å². The lowest BCUT2D eigenvalue weighted by Gasteiger charge is -2.44. The van der Waals surface area contributed by atoms with Gasteiger partial charge in [-0.3, -0.25) is 0 Å². The summed E-state index contributed by atoms with van der Waals surface area (Å²) in [6.45, 7) is 0. The first-order valence-corrected chi connectivity index (χ1v) is 3.66. The third-order valence-corrected chi connectivity index (χ3v) is 2.54. The van der Waals surface area contributed by atoms with Gasteiger partial charge in [0, 0.05) is 0 Å². The van der Waals surface area contributed by atoms with Crippen LogP contribution in [0.25, 0.3) is 0 Å². The molecule has 1 fully saturated rings. The summed E-state index contributed by atoms with van der Waals surface area (Å²) in [4.78, 5) is 0. The van der Waals surface area contributed by atoms with E-state index in [0.717, 1.165) is 0 Å². The number of alkyl halides is 3. The molecular weight excluding hydrogens is 169 g/mol. The van der Waals surface area contributed by atoms with Crippen LogP contribution in [0.1, 0.15) is 19.3 Å². The molecule has 0 spiro atoms. The van der Waals surface area contributed by atoms with Crippen LogP contribution in [0.5, 0.6) is 0 Å². The summed E-state index contributed by atoms with van der Waals surface area (Å²) in [5.41, 5.74) is 3.20. The summed E-state index contributed by atoms with van der Waals surface area (Å²) < 4.78 is 37.1. The maximum atomic E-state index is 12.4. The molecule has 1 rings (SSSR count). The summed E-state index contributed by atoms with van der Waals surface area (Å²) in [5.74, 6) is 0. The Labute approximate surface area is 68.2 Å². The summed E-state index contributed by atoms with van der Waals surface area (Å²) in [7, 11) is 0. The van der Waals surface area contributed by atoms with E-state index in [4.69, 9.17) is 11.0 Å². The minimum Gasteiger partial charge on any atom is -0.315 e. The molecule has 0 amide bonds. The van der Waals surface area contributed by atoms with Crippen LogP contribution in [0.3, 0.4) is 0 Å². The van der Waals surface area contributed by atoms with E-state index in [1.807, 2.05) is 0 Å². The lowest BCUT2D eigenvalue weighted by Crippen LogP contribution is -2.55. The van der Waals surface area contributed by atoms with Gasteiger partial charge < -0.3 is 5.73 Å². The number of hydrogen-bond acceptors (Lipinski definition) is 2. The van der Waals surface area contributed by atoms with Gasteiger partial charge in [0.1, 0.15) is 6.04 Å². The van der Waals surface area contributed by atoms with Crippen molar-refractivity contribution < 1.29 is 13.2 Å². The van der Waals surface area contributed by atoms with Crippen molar-refractivity contribution >= 4 is 0 Å². The van der Waals surface area contributed by atoms with Crippen molar-refractivity contribution in [2.24, 2.45) is 11.1 Å². The van der Waals surface area contributed by atoms with Crippen molar-refractivity contribution in [3.8, 4) is 6.07 Å². The van der Waals surface area contributed by atoms with Crippen LogP contribution < -0.4 is 5.73 Å². The quantitative estimate of drug-likeness (QED) is 0.662. The Morgan fingerprint density at radius 3 is 2.00 bits per heavy atom. The highest BCUT2D eigenvalue weighted by Crippen LogP contribution is 2.54. The third kappa shape index (κ3) is 1.07. The second-order valence-corrected chi connectivity index (χ2v) is 3.11. The average molecular weight is 178 g/mol. The molecule has 1 aliphatic carbocycles. The van der Waals surface area contributed by atoms with Crippen LogP contribution in [0.4, 0.5) is 13.2 Å². The first-order chi connectivity index (χ1) is 5.44. The minimum atomic E-state index is -4.33. The number of nitriles is 1. The molecule has 0 radical (unpaired) electrons. The lowest BCUT2D eigenvalue weighted by atomic mass is 9.64. The monoisotopic (exact) mass is 178 g/mol. The van der Waals surface area contributed by atoms with Crippen LogP contribution in [0.15, 0.2) is 0 Å². The Morgan fingerprint density at radius 2 is 1.92 bits per heavy atom. The summed E-state index contributed by atoms with van der Waals surface area (Å²) in [6.07, 6.45) is -3.84. The molecule has 0 aromatic carbocycles. The molecular formula is C7H9F3N2. The second-order valence-electron chi connectivity index (χ2n) is 3.11. The van der Waals surface area contributed by atoms with E-state index in [1.54, 1.807) is 0 Å². The summed E-state index contributed by atoms with van der Waals surface area (Å²) in [5, 5.41) is 8.32. The van der Waals surface area contributed by atoms with E-state index in [1.165, 1.54) is 6.07 Å². The molecule has 1 saturated carbocycles. The molecule has 1 aliphatic rings. The Balaban J connectivity index is 2.85. The molecule has 2 N–H and O–H groups in total. The highest BCUT2D eigenvalue weighted by Gasteiger charge is 2.61. The molecule has 0 bridgehead atoms. The lowest BCUT2D eigenvalue weighted by molar-refractivity contribution is -0.253. The van der Waals surface area contributed by atoms with Crippen LogP contribution in [-0.2, 0) is 0 Å². The SMILES string of the molecule is N#CC(N)C1(C(F)(F)F)CCC1. The average Bonchev–Trinajstić information content (AvgIpc) is 1.81. The van der Waals surface area contributed by atoms with Crippen molar-refractivity contribution in [3.05, 3.63) is 0 Å². The van der Waals surface area contributed by atoms with E-state index < -0.39 is 17.6 Å². The maximum absolute atomic E-state index is 12.4. The van der Waals surface area contributed by atoms with Gasteiger partial charge in [-0.1, -0.05) is 6.42 Å². The fourth-order valence-corrected chi connectivity index (χ4v) is 1.45. The Morgan fingerprint density at radius 1 is 1.42 bits per heavy atom. The molecule has 12 heavy (non-hydrogen) atoms. The molecule has 68 valence electrons. The topological polar surface area (TPSA) is 49.8 Å². The predicted octanol–water partition coefficient (Wildman–Crippen LogP) is 1.57. The molecule has 0 aromatic rings. The van der Waals surface area contributed by atoms with Crippen LogP contribution >= 0.6 is 0 Å². The number of halogens is 3. The maximum Gasteiger partial charge on any atom is 0.397 e. The third-order valence-electron chi connectivity index (χ3n) is 2.54. The van der Waals surface area contributed by atoms with Crippen LogP contribution in [0, 0.1) is 16.7 Å². The highest BCUT2D eigenvalue weighted by atomic mass is 19.4. The fourth-order valence-electron chi connectivity index (χ4n) is 1.45. The van der Waals surface area contributed by atoms with Gasteiger partial charge in [0.25, 0.3) is 0 Å². The van der Waals surface area contributed by atoms with Crippen molar-refractivity contribution in [1.82, 2.24) is 0 Å². The zero-order chi connectivity index (χ0) is 9.41. The normalized spacial score (nSPS) is 23.9. The van der Waals surface area contributed by atoms with Gasteiger partial charge in [-0.05, 0) is 12.8 Å². The van der Waals surface area contributed by atoms with Gasteiger partial charge in [0.05, 0.1) is 11.5 Å². The smallest absolute Gasteiger partial charge is 0.315 e. The van der Waals surface area contributed by atoms with E-state index in [9.17, 15) is 13.2 Å². The zero-order valence-electron chi connectivity index (χ0n) is 6.36. The Kier molecular flexibility index (Phi) is 2.04. The van der Waals surface area contributed by atoms with Gasteiger partial charge in [-0.2, -0.15) is 18.4 Å². The number of nitrogens with two attached hydrogens (primary N) is 1. The number of hydrogen-bond donors (Lipinski definition) is 1. The van der Waals surface area contributed by atoms with Gasteiger partial charge in [-0.15, -0.1) is 0 Å². The van der Waals surface area contributed by atoms with Crippen molar-refractivity contribution in [3.63, 3.8) is 0 Å². The fraction of sp³-hybridized carbons (Fsp3) is 0.857. The van der Waals surface area contributed by atoms with Crippen molar-refractivity contribution in [1.29, 1.82) is 5.26 Å². The summed E-state index contributed by atoms with van der Waals surface area (Å²) >= 11 is 0. The first kappa shape index (κ1) is 9.33. The second kappa shape index (κ2) is 2.63. The molecule has 2 nitrogen and oxygen atoms in total. The van der Waals surface area contributed by atoms with Gasteiger partial charge in [-0.25, -0.2) is 0 Å². The minimum absolute atomic E-state index is 0.00870. The standard InChI is InChI=1S/C7H9F3N2/c8-7(9,10)6(2-1-3-6)5(12)4-11/h5H,1-3,12H2. The predicted molar refractivity (Wildman–Crippen MR) is 35.9 cm³/mol. The van der Waals surface area contributed by atoms with Crippen molar-refractivity contribution in [2.75, 3.05) is 0 Å².